The second-order valence-electron chi connectivity index (χ2n) is 7.79. The van der Waals surface area contributed by atoms with Gasteiger partial charge in [-0.1, -0.05) is 18.2 Å². The maximum atomic E-state index is 12.8. The number of methoxy groups -OCH3 is 2. The number of aryl methyl sites for hydroxylation is 2. The molecule has 0 bridgehead atoms. The van der Waals surface area contributed by atoms with Crippen molar-refractivity contribution in [2.45, 2.75) is 33.2 Å². The average Bonchev–Trinajstić information content (AvgIpc) is 2.83. The largest absolute Gasteiger partial charge is 0.493 e. The first-order valence-corrected chi connectivity index (χ1v) is 11.2. The number of benzene rings is 2. The van der Waals surface area contributed by atoms with Crippen molar-refractivity contribution >= 4 is 22.5 Å². The third-order valence-electron chi connectivity index (χ3n) is 5.67. The highest BCUT2D eigenvalue weighted by molar-refractivity contribution is 5.81. The van der Waals surface area contributed by atoms with E-state index in [1.165, 1.54) is 29.3 Å². The minimum Gasteiger partial charge on any atom is -0.493 e. The second-order valence-corrected chi connectivity index (χ2v) is 7.79. The van der Waals surface area contributed by atoms with Crippen molar-refractivity contribution in [2.75, 3.05) is 38.8 Å². The Morgan fingerprint density at radius 2 is 1.88 bits per heavy atom. The molecule has 33 heavy (non-hydrogen) atoms. The van der Waals surface area contributed by atoms with Gasteiger partial charge in [-0.3, -0.25) is 14.2 Å². The van der Waals surface area contributed by atoms with Crippen molar-refractivity contribution in [3.05, 3.63) is 58.6 Å². The van der Waals surface area contributed by atoms with Gasteiger partial charge in [0.15, 0.2) is 11.5 Å². The highest BCUT2D eigenvalue weighted by Gasteiger charge is 2.12. The van der Waals surface area contributed by atoms with Crippen molar-refractivity contribution in [2.24, 2.45) is 0 Å². The molecule has 1 N–H and O–H groups in total. The molecule has 0 aliphatic carbocycles. The van der Waals surface area contributed by atoms with Gasteiger partial charge in [-0.15, -0.1) is 0 Å². The number of hydrogen-bond acceptors (Lipinski definition) is 6. The number of carbonyl (C=O) groups excluding carboxylic acids is 1. The zero-order valence-electron chi connectivity index (χ0n) is 19.8. The molecule has 1 aromatic heterocycles. The van der Waals surface area contributed by atoms with Gasteiger partial charge in [-0.2, -0.15) is 0 Å². The van der Waals surface area contributed by atoms with Gasteiger partial charge in [0.2, 0.25) is 5.91 Å². The summed E-state index contributed by atoms with van der Waals surface area (Å²) in [5, 5.41) is 3.44. The molecule has 0 spiro atoms. The average molecular weight is 453 g/mol. The molecule has 0 saturated heterocycles. The van der Waals surface area contributed by atoms with E-state index in [4.69, 9.17) is 9.47 Å². The van der Waals surface area contributed by atoms with Crippen LogP contribution in [0.1, 0.15) is 25.3 Å². The topological polar surface area (TPSA) is 85.7 Å². The van der Waals surface area contributed by atoms with E-state index in [-0.39, 0.29) is 11.5 Å². The maximum Gasteiger partial charge on any atom is 0.261 e. The molecule has 3 rings (SSSR count). The Morgan fingerprint density at radius 3 is 2.58 bits per heavy atom. The van der Waals surface area contributed by atoms with Crippen molar-refractivity contribution in [3.63, 3.8) is 0 Å². The van der Waals surface area contributed by atoms with Crippen molar-refractivity contribution < 1.29 is 14.3 Å². The van der Waals surface area contributed by atoms with Crippen LogP contribution in [0.15, 0.2) is 47.5 Å². The van der Waals surface area contributed by atoms with Gasteiger partial charge in [-0.05, 0) is 38.0 Å². The highest BCUT2D eigenvalue weighted by atomic mass is 16.5. The summed E-state index contributed by atoms with van der Waals surface area (Å²) in [6.45, 7) is 6.79. The van der Waals surface area contributed by atoms with Crippen LogP contribution in [0.25, 0.3) is 10.9 Å². The number of nitrogens with one attached hydrogen (secondary N) is 1. The molecule has 8 nitrogen and oxygen atoms in total. The van der Waals surface area contributed by atoms with Crippen LogP contribution in [0.2, 0.25) is 0 Å². The van der Waals surface area contributed by atoms with Gasteiger partial charge in [0.25, 0.3) is 5.56 Å². The SMILES string of the molecule is CCN(CCNC(=O)CCCn1cnc2cc(OC)c(OC)cc2c1=O)c1ccccc1C. The number of anilines is 1. The normalized spacial score (nSPS) is 10.8. The fourth-order valence-corrected chi connectivity index (χ4v) is 3.84. The molecule has 1 heterocycles. The quantitative estimate of drug-likeness (QED) is 0.481. The van der Waals surface area contributed by atoms with Gasteiger partial charge >= 0.3 is 0 Å². The van der Waals surface area contributed by atoms with Crippen LogP contribution in [0.5, 0.6) is 11.5 Å². The van der Waals surface area contributed by atoms with Crippen LogP contribution in [0.4, 0.5) is 5.69 Å². The van der Waals surface area contributed by atoms with Crippen molar-refractivity contribution in [1.82, 2.24) is 14.9 Å². The Balaban J connectivity index is 1.52. The third-order valence-corrected chi connectivity index (χ3v) is 5.67. The van der Waals surface area contributed by atoms with E-state index >= 15 is 0 Å². The fraction of sp³-hybridized carbons (Fsp3) is 0.400. The van der Waals surface area contributed by atoms with Crippen molar-refractivity contribution in [1.29, 1.82) is 0 Å². The van der Waals surface area contributed by atoms with Gasteiger partial charge in [0.05, 0.1) is 31.4 Å². The summed E-state index contributed by atoms with van der Waals surface area (Å²) in [6, 6.07) is 11.6. The van der Waals surface area contributed by atoms with Gasteiger partial charge in [-0.25, -0.2) is 4.98 Å². The molecular formula is C25H32N4O4. The second kappa shape index (κ2) is 11.4. The van der Waals surface area contributed by atoms with Crippen LogP contribution in [0.3, 0.4) is 0 Å². The van der Waals surface area contributed by atoms with E-state index in [0.717, 1.165) is 13.1 Å². The molecule has 0 atom stereocenters. The molecule has 0 radical (unpaired) electrons. The summed E-state index contributed by atoms with van der Waals surface area (Å²) in [6.07, 6.45) is 2.39. The lowest BCUT2D eigenvalue weighted by molar-refractivity contribution is -0.121. The molecule has 8 heteroatoms. The smallest absolute Gasteiger partial charge is 0.261 e. The van der Waals surface area contributed by atoms with Crippen molar-refractivity contribution in [3.8, 4) is 11.5 Å². The first kappa shape index (κ1) is 24.1. The lowest BCUT2D eigenvalue weighted by Crippen LogP contribution is -2.35. The molecule has 0 unspecified atom stereocenters. The van der Waals surface area contributed by atoms with E-state index in [1.807, 2.05) is 12.1 Å². The molecule has 1 amide bonds. The zero-order valence-corrected chi connectivity index (χ0v) is 19.8. The first-order valence-electron chi connectivity index (χ1n) is 11.2. The third kappa shape index (κ3) is 5.83. The lowest BCUT2D eigenvalue weighted by atomic mass is 10.2. The summed E-state index contributed by atoms with van der Waals surface area (Å²) in [4.78, 5) is 31.7. The summed E-state index contributed by atoms with van der Waals surface area (Å²) < 4.78 is 12.1. The Hall–Kier alpha value is -3.55. The summed E-state index contributed by atoms with van der Waals surface area (Å²) in [5.74, 6) is 0.979. The first-order chi connectivity index (χ1) is 16.0. The lowest BCUT2D eigenvalue weighted by Gasteiger charge is -2.25. The predicted molar refractivity (Wildman–Crippen MR) is 130 cm³/mol. The van der Waals surface area contributed by atoms with Crippen LogP contribution in [0, 0.1) is 6.92 Å². The standard InChI is InChI=1S/C25H32N4O4/c1-5-28(21-10-7-6-9-18(21)2)14-12-26-24(30)11-8-13-29-17-27-20-16-23(33-4)22(32-3)15-19(20)25(29)31/h6-7,9-10,15-17H,5,8,11-14H2,1-4H3,(H,26,30). The Bertz CT molecular complexity index is 1160. The molecule has 3 aromatic rings. The molecule has 0 aliphatic rings. The van der Waals surface area contributed by atoms with Crippen LogP contribution >= 0.6 is 0 Å². The molecule has 176 valence electrons. The molecule has 0 aliphatic heterocycles. The Labute approximate surface area is 194 Å². The molecule has 0 fully saturated rings. The number of hydrogen-bond donors (Lipinski definition) is 1. The number of para-hydroxylation sites is 1. The summed E-state index contributed by atoms with van der Waals surface area (Å²) in [7, 11) is 3.07. The van der Waals surface area contributed by atoms with Crippen LogP contribution in [-0.4, -0.2) is 49.3 Å². The minimum absolute atomic E-state index is 0.0240. The monoisotopic (exact) mass is 452 g/mol. The van der Waals surface area contributed by atoms with E-state index in [0.29, 0.717) is 48.3 Å². The minimum atomic E-state index is -0.168. The molecule has 0 saturated carbocycles. The predicted octanol–water partition coefficient (Wildman–Crippen LogP) is 3.15. The van der Waals surface area contributed by atoms with Crippen LogP contribution < -0.4 is 25.2 Å². The number of fused-ring (bicyclic) bond motifs is 1. The highest BCUT2D eigenvalue weighted by Crippen LogP contribution is 2.29. The van der Waals surface area contributed by atoms with Gasteiger partial charge < -0.3 is 19.7 Å². The molecule has 2 aromatic carbocycles. The van der Waals surface area contributed by atoms with E-state index in [9.17, 15) is 9.59 Å². The van der Waals surface area contributed by atoms with E-state index in [1.54, 1.807) is 19.2 Å². The number of nitrogens with zero attached hydrogens (tertiary/aromatic N) is 3. The summed E-state index contributed by atoms with van der Waals surface area (Å²) >= 11 is 0. The summed E-state index contributed by atoms with van der Waals surface area (Å²) in [5.41, 5.74) is 2.78. The Morgan fingerprint density at radius 1 is 1.15 bits per heavy atom. The number of aromatic nitrogens is 2. The zero-order chi connectivity index (χ0) is 23.8. The number of amides is 1. The van der Waals surface area contributed by atoms with Gasteiger partial charge in [0.1, 0.15) is 0 Å². The van der Waals surface area contributed by atoms with Crippen LogP contribution in [-0.2, 0) is 11.3 Å². The van der Waals surface area contributed by atoms with Gasteiger partial charge in [0, 0.05) is 44.4 Å². The number of ether oxygens (including phenoxy) is 2. The Kier molecular flexibility index (Phi) is 8.29. The number of carbonyl (C=O) groups is 1. The van der Waals surface area contributed by atoms with E-state index < -0.39 is 0 Å². The molecular weight excluding hydrogens is 420 g/mol. The van der Waals surface area contributed by atoms with E-state index in [2.05, 4.69) is 41.2 Å². The number of likely N-dealkylation sites (N-methyl/N-ethyl adjacent to an activating group) is 1. The number of rotatable bonds is 11. The fourth-order valence-electron chi connectivity index (χ4n) is 3.84. The maximum absolute atomic E-state index is 12.8.